The van der Waals surface area contributed by atoms with Gasteiger partial charge in [-0.05, 0) is 43.3 Å². The number of ether oxygens (including phenoxy) is 2. The first-order valence-corrected chi connectivity index (χ1v) is 10.6. The average Bonchev–Trinajstić information content (AvgIpc) is 2.97. The third-order valence-electron chi connectivity index (χ3n) is 4.47. The minimum atomic E-state index is -4.14. The maximum atomic E-state index is 12.8. The number of anilines is 2. The Balaban J connectivity index is 1.91. The summed E-state index contributed by atoms with van der Waals surface area (Å²) in [6.07, 6.45) is 0.942. The Kier molecular flexibility index (Phi) is 6.75. The summed E-state index contributed by atoms with van der Waals surface area (Å²) in [5, 5.41) is 3.31. The average molecular weight is 427 g/mol. The Morgan fingerprint density at radius 2 is 1.90 bits per heavy atom. The summed E-state index contributed by atoms with van der Waals surface area (Å²) in [5.74, 6) is 0.207. The van der Waals surface area contributed by atoms with E-state index in [9.17, 15) is 17.2 Å². The molecule has 0 aromatic heterocycles. The van der Waals surface area contributed by atoms with Gasteiger partial charge in [-0.25, -0.2) is 8.42 Å². The first kappa shape index (κ1) is 21.1. The molecule has 0 amide bonds. The monoisotopic (exact) mass is 427 g/mol. The predicted molar refractivity (Wildman–Crippen MR) is 107 cm³/mol. The number of halogens is 2. The van der Waals surface area contributed by atoms with Crippen LogP contribution in [0.5, 0.6) is 11.5 Å². The van der Waals surface area contributed by atoms with E-state index in [1.807, 2.05) is 0 Å². The molecule has 0 unspecified atom stereocenters. The van der Waals surface area contributed by atoms with Crippen LogP contribution < -0.4 is 24.4 Å². The Hall–Kier alpha value is -2.59. The smallest absolute Gasteiger partial charge is 0.387 e. The van der Waals surface area contributed by atoms with Crippen LogP contribution in [-0.4, -0.2) is 48.3 Å². The molecule has 1 saturated heterocycles. The van der Waals surface area contributed by atoms with E-state index in [4.69, 9.17) is 4.74 Å². The Morgan fingerprint density at radius 1 is 1.10 bits per heavy atom. The molecule has 3 rings (SSSR count). The van der Waals surface area contributed by atoms with Crippen molar-refractivity contribution in [3.8, 4) is 11.5 Å². The van der Waals surface area contributed by atoms with Gasteiger partial charge in [0, 0.05) is 19.6 Å². The molecule has 158 valence electrons. The Labute approximate surface area is 168 Å². The number of nitrogens with zero attached hydrogens (tertiary/aromatic N) is 1. The van der Waals surface area contributed by atoms with Crippen LogP contribution in [0.3, 0.4) is 0 Å². The summed E-state index contributed by atoms with van der Waals surface area (Å²) in [6, 6.07) is 10.2. The lowest BCUT2D eigenvalue weighted by atomic mass is 10.2. The maximum absolute atomic E-state index is 12.8. The number of benzene rings is 2. The summed E-state index contributed by atoms with van der Waals surface area (Å²) >= 11 is 0. The zero-order valence-electron chi connectivity index (χ0n) is 15.9. The van der Waals surface area contributed by atoms with Gasteiger partial charge >= 0.3 is 6.61 Å². The Morgan fingerprint density at radius 3 is 2.66 bits per heavy atom. The number of methoxy groups -OCH3 is 1. The largest absolute Gasteiger partial charge is 0.495 e. The lowest BCUT2D eigenvalue weighted by Crippen LogP contribution is -2.28. The van der Waals surface area contributed by atoms with Gasteiger partial charge in [0.05, 0.1) is 18.5 Å². The summed E-state index contributed by atoms with van der Waals surface area (Å²) < 4.78 is 63.1. The molecule has 1 fully saturated rings. The molecule has 0 atom stereocenters. The third-order valence-corrected chi connectivity index (χ3v) is 5.89. The van der Waals surface area contributed by atoms with Crippen LogP contribution in [-0.2, 0) is 10.0 Å². The number of alkyl halides is 2. The van der Waals surface area contributed by atoms with Gasteiger partial charge in [-0.3, -0.25) is 4.72 Å². The van der Waals surface area contributed by atoms with Crippen molar-refractivity contribution in [3.05, 3.63) is 42.5 Å². The van der Waals surface area contributed by atoms with Crippen molar-refractivity contribution < 1.29 is 26.7 Å². The van der Waals surface area contributed by atoms with E-state index in [1.165, 1.54) is 24.3 Å². The van der Waals surface area contributed by atoms with Crippen molar-refractivity contribution in [1.29, 1.82) is 0 Å². The SMILES string of the molecule is COc1ccc(NS(=O)(=O)c2ccccc2OC(F)F)cc1N1CCCNCC1. The lowest BCUT2D eigenvalue weighted by Gasteiger charge is -2.25. The summed E-state index contributed by atoms with van der Waals surface area (Å²) in [7, 11) is -2.59. The first-order valence-electron chi connectivity index (χ1n) is 9.11. The third kappa shape index (κ3) is 5.27. The molecule has 0 bridgehead atoms. The number of sulfonamides is 1. The summed E-state index contributed by atoms with van der Waals surface area (Å²) in [5.41, 5.74) is 1.05. The molecule has 2 aromatic rings. The highest BCUT2D eigenvalue weighted by Gasteiger charge is 2.22. The van der Waals surface area contributed by atoms with Crippen LogP contribution in [0.1, 0.15) is 6.42 Å². The van der Waals surface area contributed by atoms with Gasteiger partial charge in [0.1, 0.15) is 16.4 Å². The molecule has 2 aromatic carbocycles. The van der Waals surface area contributed by atoms with E-state index >= 15 is 0 Å². The van der Waals surface area contributed by atoms with Crippen LogP contribution in [0.4, 0.5) is 20.2 Å². The molecule has 29 heavy (non-hydrogen) atoms. The van der Waals surface area contributed by atoms with E-state index in [0.717, 1.165) is 38.3 Å². The fourth-order valence-corrected chi connectivity index (χ4v) is 4.35. The zero-order valence-corrected chi connectivity index (χ0v) is 16.7. The molecule has 0 aliphatic carbocycles. The van der Waals surface area contributed by atoms with Crippen LogP contribution >= 0.6 is 0 Å². The van der Waals surface area contributed by atoms with Crippen molar-refractivity contribution in [3.63, 3.8) is 0 Å². The topological polar surface area (TPSA) is 79.9 Å². The second-order valence-electron chi connectivity index (χ2n) is 6.41. The van der Waals surface area contributed by atoms with Crippen LogP contribution in [0.2, 0.25) is 0 Å². The number of hydrogen-bond donors (Lipinski definition) is 2. The molecule has 1 aliphatic heterocycles. The molecular weight excluding hydrogens is 404 g/mol. The van der Waals surface area contributed by atoms with E-state index in [1.54, 1.807) is 25.3 Å². The highest BCUT2D eigenvalue weighted by Crippen LogP contribution is 2.33. The van der Waals surface area contributed by atoms with Crippen molar-refractivity contribution >= 4 is 21.4 Å². The van der Waals surface area contributed by atoms with E-state index in [-0.39, 0.29) is 4.90 Å². The minimum absolute atomic E-state index is 0.296. The minimum Gasteiger partial charge on any atom is -0.495 e. The maximum Gasteiger partial charge on any atom is 0.387 e. The van der Waals surface area contributed by atoms with Crippen LogP contribution in [0.25, 0.3) is 0 Å². The molecule has 0 spiro atoms. The molecule has 10 heteroatoms. The molecule has 1 aliphatic rings. The molecule has 0 radical (unpaired) electrons. The quantitative estimate of drug-likeness (QED) is 0.707. The molecular formula is C19H23F2N3O4S. The number of para-hydroxylation sites is 1. The van der Waals surface area contributed by atoms with E-state index in [2.05, 4.69) is 19.7 Å². The first-order chi connectivity index (χ1) is 13.9. The fourth-order valence-electron chi connectivity index (χ4n) is 3.16. The van der Waals surface area contributed by atoms with Gasteiger partial charge in [-0.15, -0.1) is 0 Å². The number of rotatable bonds is 7. The fraction of sp³-hybridized carbons (Fsp3) is 0.368. The summed E-state index contributed by atoms with van der Waals surface area (Å²) in [6.45, 7) is 0.127. The molecule has 2 N–H and O–H groups in total. The van der Waals surface area contributed by atoms with Gasteiger partial charge in [0.15, 0.2) is 0 Å². The second-order valence-corrected chi connectivity index (χ2v) is 8.06. The number of hydrogen-bond acceptors (Lipinski definition) is 6. The number of nitrogens with one attached hydrogen (secondary N) is 2. The van der Waals surface area contributed by atoms with Gasteiger partial charge in [0.25, 0.3) is 10.0 Å². The van der Waals surface area contributed by atoms with E-state index in [0.29, 0.717) is 11.4 Å². The Bertz CT molecular complexity index is 933. The van der Waals surface area contributed by atoms with Crippen molar-refractivity contribution in [2.45, 2.75) is 17.9 Å². The van der Waals surface area contributed by atoms with Gasteiger partial charge in [-0.2, -0.15) is 8.78 Å². The predicted octanol–water partition coefficient (Wildman–Crippen LogP) is 2.90. The lowest BCUT2D eigenvalue weighted by molar-refractivity contribution is -0.0517. The van der Waals surface area contributed by atoms with Gasteiger partial charge in [-0.1, -0.05) is 12.1 Å². The highest BCUT2D eigenvalue weighted by atomic mass is 32.2. The zero-order chi connectivity index (χ0) is 20.9. The van der Waals surface area contributed by atoms with Crippen molar-refractivity contribution in [2.75, 3.05) is 42.9 Å². The van der Waals surface area contributed by atoms with Gasteiger partial charge < -0.3 is 19.7 Å². The molecule has 0 saturated carbocycles. The standard InChI is InChI=1S/C19H23F2N3O4S/c1-27-16-8-7-14(13-15(16)24-11-4-9-22-10-12-24)23-29(25,26)18-6-3-2-5-17(18)28-19(20)21/h2-3,5-8,13,19,22-23H,4,9-12H2,1H3. The second kappa shape index (κ2) is 9.27. The van der Waals surface area contributed by atoms with Crippen molar-refractivity contribution in [1.82, 2.24) is 5.32 Å². The van der Waals surface area contributed by atoms with Crippen LogP contribution in [0, 0.1) is 0 Å². The van der Waals surface area contributed by atoms with Gasteiger partial charge in [0.2, 0.25) is 0 Å². The highest BCUT2D eigenvalue weighted by molar-refractivity contribution is 7.92. The van der Waals surface area contributed by atoms with Crippen LogP contribution in [0.15, 0.2) is 47.4 Å². The van der Waals surface area contributed by atoms with E-state index < -0.39 is 22.4 Å². The normalized spacial score (nSPS) is 15.1. The molecule has 1 heterocycles. The summed E-state index contributed by atoms with van der Waals surface area (Å²) in [4.78, 5) is 1.75. The molecule has 7 nitrogen and oxygen atoms in total. The van der Waals surface area contributed by atoms with Crippen molar-refractivity contribution in [2.24, 2.45) is 0 Å².